The predicted molar refractivity (Wildman–Crippen MR) is 73.8 cm³/mol. The van der Waals surface area contributed by atoms with Crippen LogP contribution in [0.4, 0.5) is 0 Å². The van der Waals surface area contributed by atoms with Gasteiger partial charge in [0.1, 0.15) is 0 Å². The quantitative estimate of drug-likeness (QED) is 0.945. The first-order valence-corrected chi connectivity index (χ1v) is 6.39. The van der Waals surface area contributed by atoms with Gasteiger partial charge in [-0.15, -0.1) is 0 Å². The molecule has 0 fully saturated rings. The Morgan fingerprint density at radius 3 is 2.88 bits per heavy atom. The van der Waals surface area contributed by atoms with Gasteiger partial charge >= 0.3 is 0 Å². The van der Waals surface area contributed by atoms with Crippen molar-refractivity contribution >= 4 is 15.9 Å². The highest BCUT2D eigenvalue weighted by Gasteiger charge is 2.12. The van der Waals surface area contributed by atoms with E-state index in [-0.39, 0.29) is 0 Å². The van der Waals surface area contributed by atoms with Gasteiger partial charge in [0.05, 0.1) is 12.0 Å². The molecule has 0 bridgehead atoms. The largest absolute Gasteiger partial charge is 0.337 e. The topological polar surface area (TPSA) is 43.8 Å². The van der Waals surface area contributed by atoms with Crippen LogP contribution >= 0.6 is 15.9 Å². The van der Waals surface area contributed by atoms with Crippen LogP contribution in [-0.2, 0) is 13.5 Å². The molecule has 0 aliphatic rings. The first-order chi connectivity index (χ1) is 8.13. The number of aryl methyl sites for hydroxylation is 2. The lowest BCUT2D eigenvalue weighted by molar-refractivity contribution is 0.805. The first-order valence-electron chi connectivity index (χ1n) is 5.60. The lowest BCUT2D eigenvalue weighted by atomic mass is 10.0. The Morgan fingerprint density at radius 2 is 2.18 bits per heavy atom. The first kappa shape index (κ1) is 12.3. The fourth-order valence-electron chi connectivity index (χ4n) is 1.96. The van der Waals surface area contributed by atoms with Crippen molar-refractivity contribution in [2.24, 2.45) is 12.8 Å². The van der Waals surface area contributed by atoms with Crippen LogP contribution in [0.3, 0.4) is 0 Å². The minimum Gasteiger partial charge on any atom is -0.337 e. The number of nitrogens with two attached hydrogens (primary N) is 1. The number of nitrogens with zero attached hydrogens (tertiary/aromatic N) is 2. The van der Waals surface area contributed by atoms with E-state index in [1.165, 1.54) is 16.8 Å². The molecule has 1 heterocycles. The third-order valence-electron chi connectivity index (χ3n) is 2.90. The summed E-state index contributed by atoms with van der Waals surface area (Å²) in [5.41, 5.74) is 10.3. The highest BCUT2D eigenvalue weighted by atomic mass is 79.9. The minimum atomic E-state index is 0.638. The van der Waals surface area contributed by atoms with Crippen molar-refractivity contribution in [1.29, 1.82) is 0 Å². The summed E-state index contributed by atoms with van der Waals surface area (Å²) in [6, 6.07) is 6.25. The summed E-state index contributed by atoms with van der Waals surface area (Å²) in [6.45, 7) is 2.74. The van der Waals surface area contributed by atoms with E-state index < -0.39 is 0 Å². The van der Waals surface area contributed by atoms with Gasteiger partial charge in [-0.25, -0.2) is 4.98 Å². The Bertz CT molecular complexity index is 531. The third kappa shape index (κ3) is 2.42. The molecular weight excluding hydrogens is 278 g/mol. The predicted octanol–water partition coefficient (Wildman–Crippen LogP) is 2.66. The minimum absolute atomic E-state index is 0.638. The van der Waals surface area contributed by atoms with Crippen molar-refractivity contribution < 1.29 is 0 Å². The van der Waals surface area contributed by atoms with Crippen molar-refractivity contribution in [2.75, 3.05) is 6.54 Å². The van der Waals surface area contributed by atoms with Gasteiger partial charge in [-0.3, -0.25) is 0 Å². The van der Waals surface area contributed by atoms with Crippen molar-refractivity contribution in [3.05, 3.63) is 40.3 Å². The van der Waals surface area contributed by atoms with Crippen LogP contribution in [0.15, 0.2) is 29.0 Å². The van der Waals surface area contributed by atoms with E-state index in [1.54, 1.807) is 0 Å². The summed E-state index contributed by atoms with van der Waals surface area (Å²) in [7, 11) is 2.01. The zero-order valence-electron chi connectivity index (χ0n) is 10.1. The molecule has 2 rings (SSSR count). The number of hydrogen-bond donors (Lipinski definition) is 1. The maximum atomic E-state index is 5.65. The maximum Gasteiger partial charge on any atom is 0.0953 e. The molecular formula is C13H16BrN3. The lowest BCUT2D eigenvalue weighted by Crippen LogP contribution is -2.07. The summed E-state index contributed by atoms with van der Waals surface area (Å²) >= 11 is 3.50. The van der Waals surface area contributed by atoms with E-state index in [0.29, 0.717) is 6.54 Å². The Labute approximate surface area is 110 Å². The molecule has 0 saturated carbocycles. The molecule has 0 aliphatic heterocycles. The maximum absolute atomic E-state index is 5.65. The number of benzene rings is 1. The Morgan fingerprint density at radius 1 is 1.41 bits per heavy atom. The summed E-state index contributed by atoms with van der Waals surface area (Å²) in [4.78, 5) is 4.49. The van der Waals surface area contributed by atoms with Gasteiger partial charge in [0.2, 0.25) is 0 Å². The highest BCUT2D eigenvalue weighted by molar-refractivity contribution is 9.10. The number of halogens is 1. The SMILES string of the molecule is Cc1ccc(Br)cc1-c1ncn(C)c1CCN. The van der Waals surface area contributed by atoms with Crippen molar-refractivity contribution in [3.8, 4) is 11.3 Å². The van der Waals surface area contributed by atoms with E-state index in [1.807, 2.05) is 24.0 Å². The molecule has 90 valence electrons. The number of rotatable bonds is 3. The van der Waals surface area contributed by atoms with Crippen molar-refractivity contribution in [1.82, 2.24) is 9.55 Å². The van der Waals surface area contributed by atoms with Gasteiger partial charge in [0, 0.05) is 29.2 Å². The fraction of sp³-hybridized carbons (Fsp3) is 0.308. The van der Waals surface area contributed by atoms with Gasteiger partial charge in [-0.05, 0) is 31.2 Å². The van der Waals surface area contributed by atoms with E-state index in [4.69, 9.17) is 5.73 Å². The molecule has 0 spiro atoms. The highest BCUT2D eigenvalue weighted by Crippen LogP contribution is 2.28. The van der Waals surface area contributed by atoms with Gasteiger partial charge < -0.3 is 10.3 Å². The van der Waals surface area contributed by atoms with Crippen LogP contribution in [0.25, 0.3) is 11.3 Å². The van der Waals surface area contributed by atoms with Gasteiger partial charge in [0.25, 0.3) is 0 Å². The van der Waals surface area contributed by atoms with Crippen molar-refractivity contribution in [2.45, 2.75) is 13.3 Å². The Kier molecular flexibility index (Phi) is 3.64. The molecule has 1 aromatic heterocycles. The van der Waals surface area contributed by atoms with Crippen LogP contribution < -0.4 is 5.73 Å². The zero-order chi connectivity index (χ0) is 12.4. The summed E-state index contributed by atoms with van der Waals surface area (Å²) in [6.07, 6.45) is 2.69. The van der Waals surface area contributed by atoms with Gasteiger partial charge in [-0.1, -0.05) is 22.0 Å². The molecule has 2 N–H and O–H groups in total. The molecule has 4 heteroatoms. The molecule has 0 radical (unpaired) electrons. The summed E-state index contributed by atoms with van der Waals surface area (Å²) in [5.74, 6) is 0. The van der Waals surface area contributed by atoms with Crippen LogP contribution in [0.1, 0.15) is 11.3 Å². The number of hydrogen-bond acceptors (Lipinski definition) is 2. The normalized spacial score (nSPS) is 10.8. The molecule has 0 aliphatic carbocycles. The second-order valence-corrected chi connectivity index (χ2v) is 5.06. The average Bonchev–Trinajstić information content (AvgIpc) is 2.65. The number of aromatic nitrogens is 2. The molecule has 0 amide bonds. The van der Waals surface area contributed by atoms with Crippen molar-refractivity contribution in [3.63, 3.8) is 0 Å². The van der Waals surface area contributed by atoms with E-state index in [2.05, 4.69) is 40.0 Å². The molecule has 0 atom stereocenters. The van der Waals surface area contributed by atoms with Crippen LogP contribution in [0.5, 0.6) is 0 Å². The molecule has 0 unspecified atom stereocenters. The van der Waals surface area contributed by atoms with Crippen LogP contribution in [0, 0.1) is 6.92 Å². The lowest BCUT2D eigenvalue weighted by Gasteiger charge is -2.08. The van der Waals surface area contributed by atoms with Gasteiger partial charge in [-0.2, -0.15) is 0 Å². The van der Waals surface area contributed by atoms with Gasteiger partial charge in [0.15, 0.2) is 0 Å². The molecule has 2 aromatic rings. The second-order valence-electron chi connectivity index (χ2n) is 4.15. The summed E-state index contributed by atoms with van der Waals surface area (Å²) in [5, 5.41) is 0. The van der Waals surface area contributed by atoms with E-state index in [9.17, 15) is 0 Å². The standard InChI is InChI=1S/C13H16BrN3/c1-9-3-4-10(14)7-11(9)13-12(5-6-15)17(2)8-16-13/h3-4,7-8H,5-6,15H2,1-2H3. The summed E-state index contributed by atoms with van der Waals surface area (Å²) < 4.78 is 3.12. The van der Waals surface area contributed by atoms with E-state index in [0.717, 1.165) is 16.6 Å². The molecule has 3 nitrogen and oxygen atoms in total. The monoisotopic (exact) mass is 293 g/mol. The smallest absolute Gasteiger partial charge is 0.0953 e. The molecule has 0 saturated heterocycles. The van der Waals surface area contributed by atoms with Crippen LogP contribution in [-0.4, -0.2) is 16.1 Å². The third-order valence-corrected chi connectivity index (χ3v) is 3.39. The average molecular weight is 294 g/mol. The Hall–Kier alpha value is -1.13. The Balaban J connectivity index is 2.56. The molecule has 17 heavy (non-hydrogen) atoms. The van der Waals surface area contributed by atoms with E-state index >= 15 is 0 Å². The fourth-order valence-corrected chi connectivity index (χ4v) is 2.32. The molecule has 1 aromatic carbocycles. The number of imidazole rings is 1. The second kappa shape index (κ2) is 5.02. The zero-order valence-corrected chi connectivity index (χ0v) is 11.7. The van der Waals surface area contributed by atoms with Crippen LogP contribution in [0.2, 0.25) is 0 Å².